The predicted octanol–water partition coefficient (Wildman–Crippen LogP) is 5.37. The van der Waals surface area contributed by atoms with E-state index in [0.29, 0.717) is 24.2 Å². The third kappa shape index (κ3) is 9.24. The van der Waals surface area contributed by atoms with Crippen molar-refractivity contribution in [1.82, 2.24) is 35.7 Å². The van der Waals surface area contributed by atoms with Gasteiger partial charge < -0.3 is 25.4 Å². The number of nitrogens with one attached hydrogen (secondary N) is 3. The van der Waals surface area contributed by atoms with Gasteiger partial charge in [-0.05, 0) is 74.2 Å². The average molecular weight is 768 g/mol. The molecule has 0 aliphatic carbocycles. The molecule has 0 saturated carbocycles. The summed E-state index contributed by atoms with van der Waals surface area (Å²) in [6, 6.07) is 28.4. The Morgan fingerprint density at radius 1 is 0.526 bits per heavy atom. The third-order valence-corrected chi connectivity index (χ3v) is 11.3. The van der Waals surface area contributed by atoms with Gasteiger partial charge in [-0.15, -0.1) is 0 Å². The van der Waals surface area contributed by atoms with Crippen LogP contribution in [0.4, 0.5) is 0 Å². The van der Waals surface area contributed by atoms with Crippen LogP contribution in [0.2, 0.25) is 0 Å². The van der Waals surface area contributed by atoms with Gasteiger partial charge in [0, 0.05) is 73.9 Å². The molecule has 8 rings (SSSR count). The fourth-order valence-electron chi connectivity index (χ4n) is 8.30. The van der Waals surface area contributed by atoms with Gasteiger partial charge in [0.15, 0.2) is 0 Å². The fraction of sp³-hybridized carbons (Fsp3) is 0.391. The molecule has 3 N–H and O–H groups in total. The maximum absolute atomic E-state index is 13.5. The highest BCUT2D eigenvalue weighted by Crippen LogP contribution is 2.31. The van der Waals surface area contributed by atoms with Crippen molar-refractivity contribution in [2.45, 2.75) is 25.7 Å². The Kier molecular flexibility index (Phi) is 12.9. The average Bonchev–Trinajstić information content (AvgIpc) is 3.25. The highest BCUT2D eigenvalue weighted by molar-refractivity contribution is 6.10. The maximum Gasteiger partial charge on any atom is 0.253 e. The molecule has 2 amide bonds. The zero-order valence-electron chi connectivity index (χ0n) is 32.7. The number of morpholine rings is 2. The molecule has 0 unspecified atom stereocenters. The van der Waals surface area contributed by atoms with Crippen molar-refractivity contribution in [2.75, 3.05) is 91.9 Å². The molecule has 2 aromatic heterocycles. The summed E-state index contributed by atoms with van der Waals surface area (Å²) in [6.45, 7) is 11.1. The molecule has 0 bridgehead atoms. The Bertz CT molecular complexity index is 2180. The number of fused-ring (bicyclic) bond motifs is 4. The van der Waals surface area contributed by atoms with Crippen LogP contribution in [-0.2, 0) is 22.3 Å². The number of aryl methyl sites for hydroxylation is 2. The number of rotatable bonds is 16. The van der Waals surface area contributed by atoms with Crippen molar-refractivity contribution >= 4 is 55.4 Å². The quantitative estimate of drug-likeness (QED) is 0.0883. The molecule has 57 heavy (non-hydrogen) atoms. The molecule has 11 nitrogen and oxygen atoms in total. The summed E-state index contributed by atoms with van der Waals surface area (Å²) in [7, 11) is 0. The van der Waals surface area contributed by atoms with Gasteiger partial charge in [0.2, 0.25) is 0 Å². The summed E-state index contributed by atoms with van der Waals surface area (Å²) in [4.78, 5) is 41.6. The molecule has 4 heterocycles. The second kappa shape index (κ2) is 18.9. The number of nitrogens with zero attached hydrogens (tertiary/aromatic N) is 4. The topological polar surface area (TPSA) is 121 Å². The fourth-order valence-corrected chi connectivity index (χ4v) is 8.30. The molecule has 11 heteroatoms. The van der Waals surface area contributed by atoms with E-state index in [0.717, 1.165) is 148 Å². The molecular formula is C46H53N7O4. The molecule has 2 aliphatic heterocycles. The van der Waals surface area contributed by atoms with Crippen LogP contribution in [0.15, 0.2) is 84.9 Å². The Hall–Kier alpha value is -5.04. The number of pyridine rings is 2. The summed E-state index contributed by atoms with van der Waals surface area (Å²) < 4.78 is 10.9. The van der Waals surface area contributed by atoms with Gasteiger partial charge in [-0.1, -0.05) is 60.7 Å². The molecule has 0 atom stereocenters. The van der Waals surface area contributed by atoms with Crippen molar-refractivity contribution in [3.63, 3.8) is 0 Å². The van der Waals surface area contributed by atoms with Gasteiger partial charge in [-0.25, -0.2) is 9.97 Å². The van der Waals surface area contributed by atoms with Crippen LogP contribution >= 0.6 is 0 Å². The minimum absolute atomic E-state index is 0.0852. The number of hydrogen-bond donors (Lipinski definition) is 3. The molecule has 0 spiro atoms. The van der Waals surface area contributed by atoms with Gasteiger partial charge in [-0.3, -0.25) is 19.4 Å². The van der Waals surface area contributed by atoms with Gasteiger partial charge in [-0.2, -0.15) is 0 Å². The minimum atomic E-state index is -0.0852. The molecular weight excluding hydrogens is 715 g/mol. The standard InChI is InChI=1S/C46H53N7O4/c54-45(48-21-23-52-25-29-56-30-26-52)39-13-5-11-37-33(35-9-1-3-17-41(35)50-43(37)39)15-7-19-47-20-8-16-34-36-10-2-4-18-42(36)51-44-38(34)12-6-14-40(44)46(55)49-22-24-53-27-31-57-32-28-53/h1-6,9-14,17-18,47H,7-8,15-16,19-32H2,(H,48,54)(H,49,55). The first kappa shape index (κ1) is 38.8. The lowest BCUT2D eigenvalue weighted by atomic mass is 9.96. The van der Waals surface area contributed by atoms with E-state index in [1.54, 1.807) is 0 Å². The van der Waals surface area contributed by atoms with Crippen LogP contribution in [-0.4, -0.2) is 123 Å². The number of aromatic nitrogens is 2. The van der Waals surface area contributed by atoms with Crippen LogP contribution < -0.4 is 16.0 Å². The summed E-state index contributed by atoms with van der Waals surface area (Å²) in [5.74, 6) is -0.170. The number of para-hydroxylation sites is 4. The second-order valence-corrected chi connectivity index (χ2v) is 15.0. The smallest absolute Gasteiger partial charge is 0.253 e. The van der Waals surface area contributed by atoms with Gasteiger partial charge in [0.1, 0.15) is 0 Å². The molecule has 296 valence electrons. The van der Waals surface area contributed by atoms with Crippen molar-refractivity contribution < 1.29 is 19.1 Å². The van der Waals surface area contributed by atoms with Crippen molar-refractivity contribution in [2.24, 2.45) is 0 Å². The zero-order valence-corrected chi connectivity index (χ0v) is 32.7. The number of ether oxygens (including phenoxy) is 2. The van der Waals surface area contributed by atoms with E-state index < -0.39 is 0 Å². The van der Waals surface area contributed by atoms with Crippen LogP contribution in [0.5, 0.6) is 0 Å². The van der Waals surface area contributed by atoms with E-state index in [-0.39, 0.29) is 11.8 Å². The predicted molar refractivity (Wildman–Crippen MR) is 227 cm³/mol. The van der Waals surface area contributed by atoms with Crippen LogP contribution in [0, 0.1) is 0 Å². The van der Waals surface area contributed by atoms with E-state index in [2.05, 4.69) is 62.1 Å². The Labute approximate surface area is 334 Å². The monoisotopic (exact) mass is 767 g/mol. The van der Waals surface area contributed by atoms with Crippen molar-refractivity contribution in [3.8, 4) is 0 Å². The van der Waals surface area contributed by atoms with E-state index in [9.17, 15) is 9.59 Å². The molecule has 2 fully saturated rings. The van der Waals surface area contributed by atoms with E-state index in [4.69, 9.17) is 19.4 Å². The van der Waals surface area contributed by atoms with E-state index in [1.807, 2.05) is 48.5 Å². The van der Waals surface area contributed by atoms with Crippen LogP contribution in [0.1, 0.15) is 44.7 Å². The second-order valence-electron chi connectivity index (χ2n) is 15.0. The first-order valence-corrected chi connectivity index (χ1v) is 20.6. The summed E-state index contributed by atoms with van der Waals surface area (Å²) >= 11 is 0. The largest absolute Gasteiger partial charge is 0.379 e. The van der Waals surface area contributed by atoms with Gasteiger partial charge in [0.05, 0.1) is 59.6 Å². The summed E-state index contributed by atoms with van der Waals surface area (Å²) in [6.07, 6.45) is 3.63. The van der Waals surface area contributed by atoms with Crippen molar-refractivity contribution in [1.29, 1.82) is 0 Å². The lowest BCUT2D eigenvalue weighted by molar-refractivity contribution is 0.0382. The number of benzene rings is 4. The highest BCUT2D eigenvalue weighted by atomic mass is 16.5. The van der Waals surface area contributed by atoms with Crippen LogP contribution in [0.25, 0.3) is 43.6 Å². The van der Waals surface area contributed by atoms with Crippen LogP contribution in [0.3, 0.4) is 0 Å². The number of hydrogen-bond acceptors (Lipinski definition) is 9. The summed E-state index contributed by atoms with van der Waals surface area (Å²) in [5, 5.41) is 14.3. The van der Waals surface area contributed by atoms with E-state index >= 15 is 0 Å². The number of carbonyl (C=O) groups is 2. The zero-order chi connectivity index (χ0) is 38.8. The van der Waals surface area contributed by atoms with E-state index in [1.165, 1.54) is 11.1 Å². The normalized spacial score (nSPS) is 15.4. The Morgan fingerprint density at radius 3 is 1.40 bits per heavy atom. The first-order valence-electron chi connectivity index (χ1n) is 20.6. The SMILES string of the molecule is O=C(NCCN1CCOCC1)c1cccc2c(CCCNCCCc3c4ccccc4nc4c(C(=O)NCCN5CCOCC5)cccc34)c3ccccc3nc12. The van der Waals surface area contributed by atoms with Gasteiger partial charge in [0.25, 0.3) is 11.8 Å². The molecule has 4 aromatic carbocycles. The molecule has 2 aliphatic rings. The Balaban J connectivity index is 0.899. The lowest BCUT2D eigenvalue weighted by Crippen LogP contribution is -2.41. The molecule has 6 aromatic rings. The lowest BCUT2D eigenvalue weighted by Gasteiger charge is -2.26. The maximum atomic E-state index is 13.5. The first-order chi connectivity index (χ1) is 28.1. The Morgan fingerprint density at radius 2 is 0.947 bits per heavy atom. The van der Waals surface area contributed by atoms with Gasteiger partial charge >= 0.3 is 0 Å². The number of carbonyl (C=O) groups excluding carboxylic acids is 2. The van der Waals surface area contributed by atoms with Crippen molar-refractivity contribution in [3.05, 3.63) is 107 Å². The minimum Gasteiger partial charge on any atom is -0.379 e. The number of amides is 2. The highest BCUT2D eigenvalue weighted by Gasteiger charge is 2.19. The molecule has 2 saturated heterocycles. The third-order valence-electron chi connectivity index (χ3n) is 11.3. The molecule has 0 radical (unpaired) electrons. The summed E-state index contributed by atoms with van der Waals surface area (Å²) in [5.41, 5.74) is 7.03.